The van der Waals surface area contributed by atoms with Crippen LogP contribution < -0.4 is 0 Å². The van der Waals surface area contributed by atoms with Crippen LogP contribution in [0.2, 0.25) is 0 Å². The molecular formula is C12H22O2. The maximum atomic E-state index is 8.07. The van der Waals surface area contributed by atoms with Crippen molar-refractivity contribution in [1.82, 2.24) is 0 Å². The molecule has 0 heterocycles. The van der Waals surface area contributed by atoms with Gasteiger partial charge in [-0.15, -0.1) is 0 Å². The van der Waals surface area contributed by atoms with E-state index in [1.54, 1.807) is 0 Å². The van der Waals surface area contributed by atoms with Gasteiger partial charge in [-0.25, -0.2) is 0 Å². The summed E-state index contributed by atoms with van der Waals surface area (Å²) in [6.07, 6.45) is 2.04. The minimum atomic E-state index is 0.344. The zero-order valence-corrected chi connectivity index (χ0v) is 9.40. The molecule has 1 rings (SSSR count). The first-order chi connectivity index (χ1) is 6.81. The van der Waals surface area contributed by atoms with Gasteiger partial charge in [-0.2, -0.15) is 0 Å². The van der Waals surface area contributed by atoms with Gasteiger partial charge >= 0.3 is 0 Å². The van der Waals surface area contributed by atoms with Crippen LogP contribution in [0.25, 0.3) is 0 Å². The Balaban J connectivity index is 0. The summed E-state index contributed by atoms with van der Waals surface area (Å²) in [5.41, 5.74) is 1.32. The molecule has 0 saturated heterocycles. The molecule has 1 aromatic carbocycles. The molecule has 0 bridgehead atoms. The highest BCUT2D eigenvalue weighted by Crippen LogP contribution is 1.92. The largest absolute Gasteiger partial charge is 0.400 e. The molecule has 2 nitrogen and oxygen atoms in total. The number of benzene rings is 1. The Bertz CT molecular complexity index is 171. The lowest BCUT2D eigenvalue weighted by Crippen LogP contribution is -1.75. The topological polar surface area (TPSA) is 40.5 Å². The van der Waals surface area contributed by atoms with Crippen LogP contribution in [0.1, 0.15) is 25.3 Å². The first-order valence-corrected chi connectivity index (χ1v) is 4.88. The van der Waals surface area contributed by atoms with Crippen LogP contribution in [0.3, 0.4) is 0 Å². The highest BCUT2D eigenvalue weighted by atomic mass is 16.3. The van der Waals surface area contributed by atoms with E-state index in [0.717, 1.165) is 20.0 Å². The van der Waals surface area contributed by atoms with Crippen molar-refractivity contribution in [3.63, 3.8) is 0 Å². The van der Waals surface area contributed by atoms with Gasteiger partial charge in [-0.05, 0) is 13.3 Å². The molecule has 2 N–H and O–H groups in total. The van der Waals surface area contributed by atoms with Crippen LogP contribution in [0.5, 0.6) is 0 Å². The maximum Gasteiger partial charge on any atom is 0.0430 e. The van der Waals surface area contributed by atoms with Gasteiger partial charge in [0.05, 0.1) is 0 Å². The summed E-state index contributed by atoms with van der Waals surface area (Å²) >= 11 is 0. The SMILES string of the molecule is CCCCO.CO.Cc1ccccc1. The van der Waals surface area contributed by atoms with Crippen LogP contribution in [-0.2, 0) is 0 Å². The second-order valence-corrected chi connectivity index (χ2v) is 2.73. The number of hydrogen-bond acceptors (Lipinski definition) is 2. The molecule has 0 saturated carbocycles. The molecular weight excluding hydrogens is 176 g/mol. The van der Waals surface area contributed by atoms with Crippen molar-refractivity contribution in [3.8, 4) is 0 Å². The molecule has 1 aromatic rings. The molecule has 0 spiro atoms. The van der Waals surface area contributed by atoms with Crippen molar-refractivity contribution in [2.45, 2.75) is 26.7 Å². The van der Waals surface area contributed by atoms with E-state index in [1.165, 1.54) is 5.56 Å². The molecule has 14 heavy (non-hydrogen) atoms. The third-order valence-corrected chi connectivity index (χ3v) is 1.45. The number of unbranched alkanes of at least 4 members (excludes halogenated alkanes) is 1. The normalized spacial score (nSPS) is 7.79. The van der Waals surface area contributed by atoms with Gasteiger partial charge in [-0.1, -0.05) is 49.2 Å². The molecule has 0 unspecified atom stereocenters. The minimum Gasteiger partial charge on any atom is -0.400 e. The van der Waals surface area contributed by atoms with Gasteiger partial charge in [0.15, 0.2) is 0 Å². The van der Waals surface area contributed by atoms with E-state index in [-0.39, 0.29) is 0 Å². The van der Waals surface area contributed by atoms with Crippen LogP contribution in [0.15, 0.2) is 30.3 Å². The van der Waals surface area contributed by atoms with Crippen LogP contribution in [-0.4, -0.2) is 23.9 Å². The van der Waals surface area contributed by atoms with Gasteiger partial charge in [0.1, 0.15) is 0 Å². The van der Waals surface area contributed by atoms with E-state index < -0.39 is 0 Å². The average Bonchev–Trinajstić information content (AvgIpc) is 2.24. The number of aliphatic hydroxyl groups excluding tert-OH is 2. The second-order valence-electron chi connectivity index (χ2n) is 2.73. The lowest BCUT2D eigenvalue weighted by atomic mass is 10.2. The van der Waals surface area contributed by atoms with E-state index in [1.807, 2.05) is 18.2 Å². The van der Waals surface area contributed by atoms with Crippen molar-refractivity contribution in [3.05, 3.63) is 35.9 Å². The fourth-order valence-electron chi connectivity index (χ4n) is 0.692. The second kappa shape index (κ2) is 14.7. The molecule has 0 aromatic heterocycles. The number of aryl methyl sites for hydroxylation is 1. The summed E-state index contributed by atoms with van der Waals surface area (Å²) in [7, 11) is 1.00. The quantitative estimate of drug-likeness (QED) is 0.766. The summed E-state index contributed by atoms with van der Waals surface area (Å²) in [6, 6.07) is 10.3. The molecule has 0 fully saturated rings. The summed E-state index contributed by atoms with van der Waals surface area (Å²) in [5, 5.41) is 15.1. The lowest BCUT2D eigenvalue weighted by Gasteiger charge is -1.82. The van der Waals surface area contributed by atoms with E-state index in [9.17, 15) is 0 Å². The minimum absolute atomic E-state index is 0.344. The zero-order valence-electron chi connectivity index (χ0n) is 9.40. The molecule has 0 radical (unpaired) electrons. The third kappa shape index (κ3) is 13.7. The predicted octanol–water partition coefficient (Wildman–Crippen LogP) is 2.38. The molecule has 0 aliphatic rings. The number of rotatable bonds is 2. The van der Waals surface area contributed by atoms with Gasteiger partial charge in [-0.3, -0.25) is 0 Å². The van der Waals surface area contributed by atoms with Crippen molar-refractivity contribution in [2.75, 3.05) is 13.7 Å². The summed E-state index contributed by atoms with van der Waals surface area (Å²) in [5.74, 6) is 0. The van der Waals surface area contributed by atoms with E-state index in [2.05, 4.69) is 26.0 Å². The first-order valence-electron chi connectivity index (χ1n) is 4.88. The summed E-state index contributed by atoms with van der Waals surface area (Å²) < 4.78 is 0. The zero-order chi connectivity index (χ0) is 11.2. The molecule has 0 amide bonds. The summed E-state index contributed by atoms with van der Waals surface area (Å²) in [6.45, 7) is 4.48. The van der Waals surface area contributed by atoms with Gasteiger partial charge in [0.25, 0.3) is 0 Å². The fourth-order valence-corrected chi connectivity index (χ4v) is 0.692. The lowest BCUT2D eigenvalue weighted by molar-refractivity contribution is 0.287. The Hall–Kier alpha value is -0.860. The molecule has 2 heteroatoms. The summed E-state index contributed by atoms with van der Waals surface area (Å²) in [4.78, 5) is 0. The Labute approximate surface area is 87.2 Å². The smallest absolute Gasteiger partial charge is 0.0430 e. The van der Waals surface area contributed by atoms with Gasteiger partial charge in [0, 0.05) is 13.7 Å². The molecule has 0 atom stereocenters. The maximum absolute atomic E-state index is 8.07. The van der Waals surface area contributed by atoms with Crippen molar-refractivity contribution < 1.29 is 10.2 Å². The predicted molar refractivity (Wildman–Crippen MR) is 61.3 cm³/mol. The van der Waals surface area contributed by atoms with Crippen LogP contribution in [0, 0.1) is 6.92 Å². The standard InChI is InChI=1S/C7H8.C4H10O.CH4O/c1-7-5-3-2-4-6-7;1-2-3-4-5;1-2/h2-6H,1H3;5H,2-4H2,1H3;2H,1H3. The number of aliphatic hydroxyl groups is 2. The van der Waals surface area contributed by atoms with E-state index in [0.29, 0.717) is 6.61 Å². The third-order valence-electron chi connectivity index (χ3n) is 1.45. The van der Waals surface area contributed by atoms with E-state index >= 15 is 0 Å². The molecule has 0 aliphatic carbocycles. The first kappa shape index (κ1) is 15.6. The molecule has 82 valence electrons. The Kier molecular flexibility index (Phi) is 16.3. The van der Waals surface area contributed by atoms with Gasteiger partial charge in [0.2, 0.25) is 0 Å². The Morgan fingerprint density at radius 1 is 1.07 bits per heavy atom. The number of hydrogen-bond donors (Lipinski definition) is 2. The van der Waals surface area contributed by atoms with Gasteiger partial charge < -0.3 is 10.2 Å². The fraction of sp³-hybridized carbons (Fsp3) is 0.500. The van der Waals surface area contributed by atoms with Crippen molar-refractivity contribution >= 4 is 0 Å². The highest BCUT2D eigenvalue weighted by molar-refractivity contribution is 5.11. The van der Waals surface area contributed by atoms with E-state index in [4.69, 9.17) is 10.2 Å². The highest BCUT2D eigenvalue weighted by Gasteiger charge is 1.72. The molecule has 0 aliphatic heterocycles. The Morgan fingerprint density at radius 3 is 1.71 bits per heavy atom. The van der Waals surface area contributed by atoms with Crippen LogP contribution >= 0.6 is 0 Å². The monoisotopic (exact) mass is 198 g/mol. The van der Waals surface area contributed by atoms with Crippen molar-refractivity contribution in [2.24, 2.45) is 0 Å². The average molecular weight is 198 g/mol. The Morgan fingerprint density at radius 2 is 1.57 bits per heavy atom. The van der Waals surface area contributed by atoms with Crippen LogP contribution in [0.4, 0.5) is 0 Å². The van der Waals surface area contributed by atoms with Crippen molar-refractivity contribution in [1.29, 1.82) is 0 Å².